The lowest BCUT2D eigenvalue weighted by Gasteiger charge is -2.24. The van der Waals surface area contributed by atoms with Gasteiger partial charge in [-0.05, 0) is 37.6 Å². The van der Waals surface area contributed by atoms with Gasteiger partial charge in [0.15, 0.2) is 0 Å². The Balaban J connectivity index is 2.07. The van der Waals surface area contributed by atoms with Crippen molar-refractivity contribution in [1.29, 1.82) is 0 Å². The predicted octanol–water partition coefficient (Wildman–Crippen LogP) is 0.883. The maximum atomic E-state index is 12.0. The molecule has 1 heterocycles. The van der Waals surface area contributed by atoms with E-state index in [9.17, 15) is 9.90 Å². The molecule has 2 rings (SSSR count). The molecule has 0 unspecified atom stereocenters. The number of hydrogen-bond donors (Lipinski definition) is 3. The van der Waals surface area contributed by atoms with Gasteiger partial charge in [0, 0.05) is 12.6 Å². The van der Waals surface area contributed by atoms with Gasteiger partial charge in [0.1, 0.15) is 11.5 Å². The van der Waals surface area contributed by atoms with E-state index in [2.05, 4.69) is 10.6 Å². The Morgan fingerprint density at radius 2 is 2.39 bits per heavy atom. The van der Waals surface area contributed by atoms with Crippen molar-refractivity contribution in [3.8, 4) is 11.5 Å². The molecule has 0 saturated carbocycles. The Bertz CT molecular complexity index is 428. The first kappa shape index (κ1) is 12.7. The van der Waals surface area contributed by atoms with Gasteiger partial charge in [0.05, 0.1) is 12.7 Å². The zero-order valence-electron chi connectivity index (χ0n) is 10.4. The van der Waals surface area contributed by atoms with Crippen molar-refractivity contribution in [2.75, 3.05) is 20.2 Å². The number of benzene rings is 1. The highest BCUT2D eigenvalue weighted by molar-refractivity contribution is 5.97. The number of piperidine rings is 1. The first-order valence-corrected chi connectivity index (χ1v) is 6.09. The highest BCUT2D eigenvalue weighted by Crippen LogP contribution is 2.22. The van der Waals surface area contributed by atoms with Gasteiger partial charge in [0.25, 0.3) is 5.91 Å². The minimum absolute atomic E-state index is 0.0305. The van der Waals surface area contributed by atoms with E-state index in [1.807, 2.05) is 0 Å². The number of phenols is 1. The van der Waals surface area contributed by atoms with Crippen LogP contribution in [0, 0.1) is 0 Å². The van der Waals surface area contributed by atoms with Crippen LogP contribution in [0.5, 0.6) is 11.5 Å². The lowest BCUT2D eigenvalue weighted by molar-refractivity contribution is 0.0927. The zero-order valence-corrected chi connectivity index (χ0v) is 10.4. The highest BCUT2D eigenvalue weighted by Gasteiger charge is 2.18. The maximum absolute atomic E-state index is 12.0. The number of hydrogen-bond acceptors (Lipinski definition) is 4. The fourth-order valence-electron chi connectivity index (χ4n) is 2.06. The molecule has 1 aliphatic rings. The monoisotopic (exact) mass is 250 g/mol. The van der Waals surface area contributed by atoms with Crippen LogP contribution < -0.4 is 15.4 Å². The number of carbonyl (C=O) groups excluding carboxylic acids is 1. The van der Waals surface area contributed by atoms with Crippen LogP contribution in [0.3, 0.4) is 0 Å². The normalized spacial score (nSPS) is 19.3. The number of phenolic OH excluding ortho intramolecular Hbond substituents is 1. The lowest BCUT2D eigenvalue weighted by atomic mass is 10.1. The van der Waals surface area contributed by atoms with E-state index in [-0.39, 0.29) is 23.3 Å². The second-order valence-corrected chi connectivity index (χ2v) is 4.40. The van der Waals surface area contributed by atoms with Crippen LogP contribution in [0.1, 0.15) is 23.2 Å². The summed E-state index contributed by atoms with van der Waals surface area (Å²) in [5, 5.41) is 15.8. The molecule has 0 bridgehead atoms. The molecule has 1 aliphatic heterocycles. The van der Waals surface area contributed by atoms with Gasteiger partial charge in [-0.2, -0.15) is 0 Å². The molecule has 1 saturated heterocycles. The summed E-state index contributed by atoms with van der Waals surface area (Å²) in [4.78, 5) is 12.0. The van der Waals surface area contributed by atoms with Crippen molar-refractivity contribution < 1.29 is 14.6 Å². The van der Waals surface area contributed by atoms with Crippen molar-refractivity contribution in [3.63, 3.8) is 0 Å². The molecule has 0 radical (unpaired) electrons. The number of aromatic hydroxyl groups is 1. The second-order valence-electron chi connectivity index (χ2n) is 4.40. The summed E-state index contributed by atoms with van der Waals surface area (Å²) in [5.74, 6) is 0.261. The van der Waals surface area contributed by atoms with Crippen LogP contribution in [-0.2, 0) is 0 Å². The van der Waals surface area contributed by atoms with E-state index >= 15 is 0 Å². The molecule has 1 fully saturated rings. The zero-order chi connectivity index (χ0) is 13.0. The molecule has 3 N–H and O–H groups in total. The number of methoxy groups -OCH3 is 1. The summed E-state index contributed by atoms with van der Waals surface area (Å²) in [6, 6.07) is 4.75. The van der Waals surface area contributed by atoms with Crippen molar-refractivity contribution in [2.24, 2.45) is 0 Å². The Labute approximate surface area is 106 Å². The SMILES string of the molecule is COc1ccc(O)c(C(=O)N[C@@H]2CCCNC2)c1. The quantitative estimate of drug-likeness (QED) is 0.745. The molecular formula is C13H18N2O3. The Hall–Kier alpha value is -1.75. The van der Waals surface area contributed by atoms with E-state index < -0.39 is 0 Å². The molecule has 0 spiro atoms. The molecule has 1 aromatic rings. The molecule has 98 valence electrons. The summed E-state index contributed by atoms with van der Waals surface area (Å²) in [7, 11) is 1.53. The van der Waals surface area contributed by atoms with Crippen LogP contribution in [0.2, 0.25) is 0 Å². The topological polar surface area (TPSA) is 70.6 Å². The Morgan fingerprint density at radius 3 is 3.06 bits per heavy atom. The minimum atomic E-state index is -0.264. The summed E-state index contributed by atoms with van der Waals surface area (Å²) >= 11 is 0. The van der Waals surface area contributed by atoms with Gasteiger partial charge in [-0.1, -0.05) is 0 Å². The molecule has 0 aliphatic carbocycles. The number of ether oxygens (including phenoxy) is 1. The van der Waals surface area contributed by atoms with E-state index in [1.54, 1.807) is 12.1 Å². The molecule has 1 amide bonds. The van der Waals surface area contributed by atoms with E-state index in [0.29, 0.717) is 5.75 Å². The molecule has 1 atom stereocenters. The Kier molecular flexibility index (Phi) is 4.04. The molecule has 5 heteroatoms. The van der Waals surface area contributed by atoms with Gasteiger partial charge in [-0.25, -0.2) is 0 Å². The molecular weight excluding hydrogens is 232 g/mol. The average Bonchev–Trinajstić information content (AvgIpc) is 2.40. The van der Waals surface area contributed by atoms with Crippen molar-refractivity contribution >= 4 is 5.91 Å². The van der Waals surface area contributed by atoms with Crippen molar-refractivity contribution in [2.45, 2.75) is 18.9 Å². The number of amides is 1. The molecule has 5 nitrogen and oxygen atoms in total. The highest BCUT2D eigenvalue weighted by atomic mass is 16.5. The van der Waals surface area contributed by atoms with Gasteiger partial charge in [0.2, 0.25) is 0 Å². The summed E-state index contributed by atoms with van der Waals surface area (Å²) in [6.45, 7) is 1.77. The predicted molar refractivity (Wildman–Crippen MR) is 68.0 cm³/mol. The smallest absolute Gasteiger partial charge is 0.255 e. The summed E-state index contributed by atoms with van der Waals surface area (Å²) in [5.41, 5.74) is 0.250. The first-order chi connectivity index (χ1) is 8.70. The van der Waals surface area contributed by atoms with Gasteiger partial charge >= 0.3 is 0 Å². The third-order valence-electron chi connectivity index (χ3n) is 3.08. The summed E-state index contributed by atoms with van der Waals surface area (Å²) < 4.78 is 5.05. The van der Waals surface area contributed by atoms with E-state index in [4.69, 9.17) is 4.74 Å². The summed E-state index contributed by atoms with van der Waals surface area (Å²) in [6.07, 6.45) is 2.01. The third kappa shape index (κ3) is 2.92. The number of nitrogens with one attached hydrogen (secondary N) is 2. The third-order valence-corrected chi connectivity index (χ3v) is 3.08. The van der Waals surface area contributed by atoms with Crippen LogP contribution in [0.25, 0.3) is 0 Å². The lowest BCUT2D eigenvalue weighted by Crippen LogP contribution is -2.45. The average molecular weight is 250 g/mol. The van der Waals surface area contributed by atoms with Crippen molar-refractivity contribution in [3.05, 3.63) is 23.8 Å². The maximum Gasteiger partial charge on any atom is 0.255 e. The fourth-order valence-corrected chi connectivity index (χ4v) is 2.06. The van der Waals surface area contributed by atoms with Crippen LogP contribution in [-0.4, -0.2) is 37.3 Å². The van der Waals surface area contributed by atoms with Gasteiger partial charge in [-0.15, -0.1) is 0 Å². The van der Waals surface area contributed by atoms with Crippen LogP contribution in [0.15, 0.2) is 18.2 Å². The first-order valence-electron chi connectivity index (χ1n) is 6.09. The van der Waals surface area contributed by atoms with Crippen LogP contribution in [0.4, 0.5) is 0 Å². The van der Waals surface area contributed by atoms with Crippen LogP contribution >= 0.6 is 0 Å². The Morgan fingerprint density at radius 1 is 1.56 bits per heavy atom. The van der Waals surface area contributed by atoms with Gasteiger partial charge in [-0.3, -0.25) is 4.79 Å². The van der Waals surface area contributed by atoms with E-state index in [0.717, 1.165) is 25.9 Å². The minimum Gasteiger partial charge on any atom is -0.507 e. The largest absolute Gasteiger partial charge is 0.507 e. The number of carbonyl (C=O) groups is 1. The fraction of sp³-hybridized carbons (Fsp3) is 0.462. The molecule has 18 heavy (non-hydrogen) atoms. The second kappa shape index (κ2) is 5.73. The number of rotatable bonds is 3. The van der Waals surface area contributed by atoms with Crippen molar-refractivity contribution in [1.82, 2.24) is 10.6 Å². The standard InChI is InChI=1S/C13H18N2O3/c1-18-10-4-5-12(16)11(7-10)13(17)15-9-3-2-6-14-8-9/h4-5,7,9,14,16H,2-3,6,8H2,1H3,(H,15,17)/t9-/m1/s1. The van der Waals surface area contributed by atoms with E-state index in [1.165, 1.54) is 13.2 Å². The molecule has 1 aromatic carbocycles. The molecule has 0 aromatic heterocycles. The van der Waals surface area contributed by atoms with Gasteiger partial charge < -0.3 is 20.5 Å².